The lowest BCUT2D eigenvalue weighted by Gasteiger charge is -2.43. The second-order valence-corrected chi connectivity index (χ2v) is 15.1. The smallest absolute Gasteiger partial charge is 0.350 e. The van der Waals surface area contributed by atoms with Gasteiger partial charge >= 0.3 is 5.69 Å². The minimum absolute atomic E-state index is 0.00209. The number of halogens is 1. The Hall–Kier alpha value is -3.16. The normalized spacial score (nSPS) is 26.0. The molecule has 1 aromatic carbocycles. The Kier molecular flexibility index (Phi) is 8.53. The van der Waals surface area contributed by atoms with E-state index < -0.39 is 11.0 Å². The monoisotopic (exact) mass is 649 g/mol. The van der Waals surface area contributed by atoms with Gasteiger partial charge in [-0.2, -0.15) is 0 Å². The summed E-state index contributed by atoms with van der Waals surface area (Å²) >= 11 is 0. The highest BCUT2D eigenvalue weighted by molar-refractivity contribution is 5.98. The van der Waals surface area contributed by atoms with Crippen LogP contribution in [0.25, 0.3) is 5.65 Å². The number of nitrogens with zero attached hydrogens (tertiary/aromatic N) is 6. The summed E-state index contributed by atoms with van der Waals surface area (Å²) in [5.41, 5.74) is 1.87. The number of anilines is 1. The molecule has 0 unspecified atom stereocenters. The molecule has 2 N–H and O–H groups in total. The Balaban J connectivity index is 1.24. The van der Waals surface area contributed by atoms with Gasteiger partial charge in [0.2, 0.25) is 5.91 Å². The fourth-order valence-electron chi connectivity index (χ4n) is 7.91. The Morgan fingerprint density at radius 3 is 2.64 bits per heavy atom. The number of pyridine rings is 1. The lowest BCUT2D eigenvalue weighted by Crippen LogP contribution is -2.62. The molecule has 254 valence electrons. The molecule has 0 spiro atoms. The standard InChI is InChI=1S/C35H48FN7O4/c1-23-17-40(28(16-37-23)18-39-12-13-47-20-24(39)2)19-30(44)41-21-34(3,4)31-29(41)15-26(14-25-6-8-27(36)9-7-25)32-38-42(33(45)43(31)32)22-35(46)10-5-11-35/h6-9,15,23-24,28,37,46H,5,10-14,16-22H2,1-4H3/t23-,24-,28-/m1/s1. The van der Waals surface area contributed by atoms with Gasteiger partial charge in [0.05, 0.1) is 43.3 Å². The average Bonchev–Trinajstić information content (AvgIpc) is 3.48. The van der Waals surface area contributed by atoms with Gasteiger partial charge in [-0.05, 0) is 56.9 Å². The van der Waals surface area contributed by atoms with Crippen molar-refractivity contribution in [3.63, 3.8) is 0 Å². The number of benzene rings is 1. The van der Waals surface area contributed by atoms with Crippen molar-refractivity contribution in [3.05, 3.63) is 63.5 Å². The van der Waals surface area contributed by atoms with Crippen molar-refractivity contribution in [1.82, 2.24) is 29.3 Å². The molecule has 3 aliphatic heterocycles. The minimum atomic E-state index is -0.935. The van der Waals surface area contributed by atoms with E-state index in [1.54, 1.807) is 16.5 Å². The summed E-state index contributed by atoms with van der Waals surface area (Å²) in [5, 5.41) is 19.3. The molecule has 1 aliphatic carbocycles. The third kappa shape index (κ3) is 6.26. The summed E-state index contributed by atoms with van der Waals surface area (Å²) in [4.78, 5) is 35.1. The average molecular weight is 650 g/mol. The number of carbonyl (C=O) groups excluding carboxylic acids is 1. The molecule has 2 saturated heterocycles. The van der Waals surface area contributed by atoms with Gasteiger partial charge in [0, 0.05) is 68.2 Å². The number of aliphatic hydroxyl groups is 1. The van der Waals surface area contributed by atoms with E-state index in [1.807, 2.05) is 11.0 Å². The van der Waals surface area contributed by atoms with Crippen molar-refractivity contribution >= 4 is 17.2 Å². The zero-order valence-electron chi connectivity index (χ0n) is 28.0. The van der Waals surface area contributed by atoms with Gasteiger partial charge in [0.15, 0.2) is 5.65 Å². The van der Waals surface area contributed by atoms with Gasteiger partial charge in [0.25, 0.3) is 0 Å². The lowest BCUT2D eigenvalue weighted by molar-refractivity contribution is -0.121. The van der Waals surface area contributed by atoms with E-state index in [0.717, 1.165) is 68.3 Å². The number of rotatable bonds is 8. The minimum Gasteiger partial charge on any atom is -0.388 e. The Morgan fingerprint density at radius 1 is 1.17 bits per heavy atom. The number of aromatic nitrogens is 3. The zero-order valence-corrected chi connectivity index (χ0v) is 28.0. The summed E-state index contributed by atoms with van der Waals surface area (Å²) in [6, 6.07) is 9.11. The van der Waals surface area contributed by atoms with Gasteiger partial charge in [-0.15, -0.1) is 5.10 Å². The number of hydrogen-bond donors (Lipinski definition) is 2. The van der Waals surface area contributed by atoms with E-state index in [4.69, 9.17) is 9.84 Å². The molecule has 47 heavy (non-hydrogen) atoms. The van der Waals surface area contributed by atoms with Crippen LogP contribution in [0.2, 0.25) is 0 Å². The summed E-state index contributed by atoms with van der Waals surface area (Å²) in [6.45, 7) is 14.1. The molecule has 1 amide bonds. The van der Waals surface area contributed by atoms with E-state index >= 15 is 0 Å². The largest absolute Gasteiger partial charge is 0.388 e. The van der Waals surface area contributed by atoms with E-state index in [1.165, 1.54) is 16.8 Å². The number of carbonyl (C=O) groups is 1. The lowest BCUT2D eigenvalue weighted by atomic mass is 9.80. The highest BCUT2D eigenvalue weighted by Gasteiger charge is 2.43. The van der Waals surface area contributed by atoms with Crippen molar-refractivity contribution in [2.75, 3.05) is 57.4 Å². The van der Waals surface area contributed by atoms with Crippen LogP contribution in [0.3, 0.4) is 0 Å². The van der Waals surface area contributed by atoms with E-state index in [0.29, 0.717) is 37.5 Å². The zero-order chi connectivity index (χ0) is 33.1. The topological polar surface area (TPSA) is 108 Å². The highest BCUT2D eigenvalue weighted by Crippen LogP contribution is 2.42. The van der Waals surface area contributed by atoms with Crippen LogP contribution in [0.5, 0.6) is 0 Å². The molecule has 5 heterocycles. The van der Waals surface area contributed by atoms with Crippen molar-refractivity contribution in [1.29, 1.82) is 0 Å². The second-order valence-electron chi connectivity index (χ2n) is 15.1. The number of morpholine rings is 1. The molecule has 2 aromatic heterocycles. The molecule has 0 bridgehead atoms. The maximum Gasteiger partial charge on any atom is 0.350 e. The third-order valence-corrected chi connectivity index (χ3v) is 10.7. The van der Waals surface area contributed by atoms with Crippen molar-refractivity contribution in [2.45, 2.75) is 89.1 Å². The first-order chi connectivity index (χ1) is 22.4. The summed E-state index contributed by atoms with van der Waals surface area (Å²) in [6.07, 6.45) is 2.61. The molecule has 3 fully saturated rings. The predicted molar refractivity (Wildman–Crippen MR) is 178 cm³/mol. The molecule has 11 nitrogen and oxygen atoms in total. The fourth-order valence-corrected chi connectivity index (χ4v) is 7.91. The summed E-state index contributed by atoms with van der Waals surface area (Å²) in [5.74, 6) is -0.313. The van der Waals surface area contributed by atoms with Crippen LogP contribution in [0.15, 0.2) is 35.1 Å². The number of piperazine rings is 1. The highest BCUT2D eigenvalue weighted by atomic mass is 19.1. The Labute approximate surface area is 275 Å². The maximum absolute atomic E-state index is 14.4. The van der Waals surface area contributed by atoms with E-state index in [2.05, 4.69) is 42.8 Å². The summed E-state index contributed by atoms with van der Waals surface area (Å²) < 4.78 is 22.5. The Morgan fingerprint density at radius 2 is 1.94 bits per heavy atom. The molecule has 0 radical (unpaired) electrons. The molecular weight excluding hydrogens is 601 g/mol. The molecule has 12 heteroatoms. The van der Waals surface area contributed by atoms with Crippen molar-refractivity contribution in [3.8, 4) is 0 Å². The molecule has 3 atom stereocenters. The number of hydrogen-bond acceptors (Lipinski definition) is 8. The fraction of sp³-hybridized carbons (Fsp3) is 0.629. The van der Waals surface area contributed by atoms with Crippen LogP contribution < -0.4 is 15.9 Å². The Bertz CT molecular complexity index is 1700. The van der Waals surface area contributed by atoms with Crippen LogP contribution in [-0.2, 0) is 27.9 Å². The summed E-state index contributed by atoms with van der Waals surface area (Å²) in [7, 11) is 0. The maximum atomic E-state index is 14.4. The van der Waals surface area contributed by atoms with Gasteiger partial charge in [-0.1, -0.05) is 26.0 Å². The second kappa shape index (κ2) is 12.4. The molecule has 3 aromatic rings. The van der Waals surface area contributed by atoms with Crippen LogP contribution in [0.1, 0.15) is 63.8 Å². The van der Waals surface area contributed by atoms with Crippen LogP contribution in [0.4, 0.5) is 10.1 Å². The predicted octanol–water partition coefficient (Wildman–Crippen LogP) is 2.15. The van der Waals surface area contributed by atoms with Crippen molar-refractivity contribution in [2.24, 2.45) is 0 Å². The quantitative estimate of drug-likeness (QED) is 0.383. The number of amides is 1. The van der Waals surface area contributed by atoms with Crippen LogP contribution in [0, 0.1) is 5.82 Å². The molecular formula is C35H48FN7O4. The third-order valence-electron chi connectivity index (χ3n) is 10.7. The van der Waals surface area contributed by atoms with Crippen LogP contribution >= 0.6 is 0 Å². The number of ether oxygens (including phenoxy) is 1. The van der Waals surface area contributed by atoms with E-state index in [9.17, 15) is 19.1 Å². The van der Waals surface area contributed by atoms with Gasteiger partial charge in [-0.25, -0.2) is 18.3 Å². The SMILES string of the molecule is C[C@@H]1CN(CC(=O)N2CC(C)(C)c3c2cc(Cc2ccc(F)cc2)c2nn(CC4(O)CCC4)c(=O)n32)[C@@H](CN2CCOC[C@H]2C)CN1. The first-order valence-corrected chi connectivity index (χ1v) is 17.1. The first kappa shape index (κ1) is 32.4. The van der Waals surface area contributed by atoms with Gasteiger partial charge in [-0.3, -0.25) is 14.6 Å². The number of nitrogens with one attached hydrogen (secondary N) is 1. The van der Waals surface area contributed by atoms with Gasteiger partial charge < -0.3 is 20.1 Å². The first-order valence-electron chi connectivity index (χ1n) is 17.1. The number of fused-ring (bicyclic) bond motifs is 3. The molecule has 7 rings (SSSR count). The van der Waals surface area contributed by atoms with Gasteiger partial charge in [0.1, 0.15) is 5.82 Å². The van der Waals surface area contributed by atoms with E-state index in [-0.39, 0.29) is 42.6 Å². The van der Waals surface area contributed by atoms with Crippen molar-refractivity contribution < 1.29 is 19.0 Å². The van der Waals surface area contributed by atoms with Crippen LogP contribution in [-0.4, -0.2) is 111 Å². The molecule has 4 aliphatic rings. The molecule has 1 saturated carbocycles.